The molecule has 0 saturated carbocycles. The molecule has 0 bridgehead atoms. The molecule has 2 fully saturated rings. The first-order valence-corrected chi connectivity index (χ1v) is 15.2. The normalized spacial score (nSPS) is 26.8. The van der Waals surface area contributed by atoms with E-state index in [1.807, 2.05) is 26.8 Å². The lowest BCUT2D eigenvalue weighted by Crippen LogP contribution is -2.57. The summed E-state index contributed by atoms with van der Waals surface area (Å²) in [7, 11) is 1.36. The minimum Gasteiger partial charge on any atom is -0.487 e. The second-order valence-electron chi connectivity index (χ2n) is 13.5. The number of nitrogens with zero attached hydrogens (tertiary/aromatic N) is 2. The fraction of sp³-hybridized carbons (Fsp3) is 0.667. The Kier molecular flexibility index (Phi) is 9.69. The van der Waals surface area contributed by atoms with Crippen LogP contribution >= 0.6 is 0 Å². The lowest BCUT2D eigenvalue weighted by molar-refractivity contribution is -0.174. The molecule has 0 N–H and O–H groups in total. The second-order valence-corrected chi connectivity index (χ2v) is 13.5. The van der Waals surface area contributed by atoms with E-state index in [-0.39, 0.29) is 18.6 Å². The van der Waals surface area contributed by atoms with Crippen LogP contribution in [0.5, 0.6) is 5.75 Å². The van der Waals surface area contributed by atoms with E-state index in [2.05, 4.69) is 26.8 Å². The predicted molar refractivity (Wildman–Crippen MR) is 161 cm³/mol. The molecule has 1 spiro atoms. The number of esters is 1. The molecule has 10 nitrogen and oxygen atoms in total. The molecule has 3 heterocycles. The monoisotopic (exact) mass is 600 g/mol. The van der Waals surface area contributed by atoms with Crippen molar-refractivity contribution in [2.45, 2.75) is 85.0 Å². The summed E-state index contributed by atoms with van der Waals surface area (Å²) in [6.45, 7) is 15.5. The average molecular weight is 601 g/mol. The molecular formula is C33H48N2O8. The highest BCUT2D eigenvalue weighted by Gasteiger charge is 2.55. The van der Waals surface area contributed by atoms with Gasteiger partial charge in [-0.1, -0.05) is 11.6 Å². The minimum absolute atomic E-state index is 0.130. The fourth-order valence-electron chi connectivity index (χ4n) is 6.51. The van der Waals surface area contributed by atoms with E-state index in [4.69, 9.17) is 23.7 Å². The predicted octanol–water partition coefficient (Wildman–Crippen LogP) is 6.14. The van der Waals surface area contributed by atoms with Gasteiger partial charge in [-0.25, -0.2) is 14.4 Å². The maximum atomic E-state index is 13.4. The molecule has 0 radical (unpaired) electrons. The summed E-state index contributed by atoms with van der Waals surface area (Å²) in [5, 5.41) is 0. The first kappa shape index (κ1) is 32.6. The summed E-state index contributed by atoms with van der Waals surface area (Å²) in [5.41, 5.74) is 0.605. The summed E-state index contributed by atoms with van der Waals surface area (Å²) in [6.07, 6.45) is 3.23. The molecule has 3 aliphatic heterocycles. The van der Waals surface area contributed by atoms with Gasteiger partial charge in [-0.05, 0) is 85.9 Å². The molecule has 43 heavy (non-hydrogen) atoms. The van der Waals surface area contributed by atoms with Crippen molar-refractivity contribution in [2.75, 3.05) is 46.5 Å². The Hall–Kier alpha value is -3.27. The van der Waals surface area contributed by atoms with Crippen LogP contribution < -0.4 is 4.74 Å². The van der Waals surface area contributed by atoms with Crippen molar-refractivity contribution in [1.29, 1.82) is 0 Å². The first-order valence-electron chi connectivity index (χ1n) is 15.2. The van der Waals surface area contributed by atoms with Gasteiger partial charge < -0.3 is 33.5 Å². The summed E-state index contributed by atoms with van der Waals surface area (Å²) in [4.78, 5) is 42.2. The van der Waals surface area contributed by atoms with Crippen molar-refractivity contribution in [3.8, 4) is 5.75 Å². The summed E-state index contributed by atoms with van der Waals surface area (Å²) < 4.78 is 29.7. The van der Waals surface area contributed by atoms with Gasteiger partial charge in [-0.15, -0.1) is 0 Å². The molecule has 1 aromatic rings. The topological polar surface area (TPSA) is 104 Å². The van der Waals surface area contributed by atoms with Crippen LogP contribution in [0.25, 0.3) is 0 Å². The van der Waals surface area contributed by atoms with Crippen LogP contribution in [-0.4, -0.2) is 85.7 Å². The van der Waals surface area contributed by atoms with Crippen molar-refractivity contribution in [3.05, 3.63) is 41.0 Å². The van der Waals surface area contributed by atoms with Gasteiger partial charge in [0.15, 0.2) is 0 Å². The van der Waals surface area contributed by atoms with Gasteiger partial charge in [-0.3, -0.25) is 0 Å². The van der Waals surface area contributed by atoms with Crippen LogP contribution in [0.3, 0.4) is 0 Å². The van der Waals surface area contributed by atoms with Gasteiger partial charge in [0, 0.05) is 43.1 Å². The Morgan fingerprint density at radius 3 is 2.37 bits per heavy atom. The number of fused-ring (bicyclic) bond motifs is 3. The summed E-state index contributed by atoms with van der Waals surface area (Å²) >= 11 is 0. The Morgan fingerprint density at radius 1 is 1.09 bits per heavy atom. The van der Waals surface area contributed by atoms with Gasteiger partial charge in [0.05, 0.1) is 32.0 Å². The van der Waals surface area contributed by atoms with Crippen LogP contribution in [0.1, 0.15) is 89.8 Å². The molecule has 1 aromatic carbocycles. The number of allylic oxidation sites excluding steroid dienone is 2. The number of carbonyl (C=O) groups is 3. The van der Waals surface area contributed by atoms with Crippen LogP contribution in [0.4, 0.5) is 9.59 Å². The molecule has 4 rings (SSSR count). The zero-order valence-electron chi connectivity index (χ0n) is 27.0. The fourth-order valence-corrected chi connectivity index (χ4v) is 6.51. The zero-order valence-corrected chi connectivity index (χ0v) is 27.0. The highest BCUT2D eigenvalue weighted by Crippen LogP contribution is 2.55. The lowest BCUT2D eigenvalue weighted by atomic mass is 9.65. The van der Waals surface area contributed by atoms with Crippen molar-refractivity contribution >= 4 is 18.2 Å². The number of methoxy groups -OCH3 is 1. The SMILES string of the molecule is CCOC(=O)N1CCN(C(=O)OC(C)(C)C)CC2(CO[C@H]3c4cc(C(=O)OC)ccc4O[C@@](C)(CCC=C(C)C)[C@@H]3C2)C1. The third-order valence-corrected chi connectivity index (χ3v) is 8.52. The average Bonchev–Trinajstić information content (AvgIpc) is 3.12. The largest absolute Gasteiger partial charge is 0.487 e. The van der Waals surface area contributed by atoms with Gasteiger partial charge in [0.1, 0.15) is 17.0 Å². The van der Waals surface area contributed by atoms with Gasteiger partial charge in [0.2, 0.25) is 0 Å². The van der Waals surface area contributed by atoms with E-state index in [9.17, 15) is 14.4 Å². The van der Waals surface area contributed by atoms with Crippen molar-refractivity contribution in [1.82, 2.24) is 9.80 Å². The van der Waals surface area contributed by atoms with Gasteiger partial charge >= 0.3 is 18.2 Å². The van der Waals surface area contributed by atoms with E-state index in [0.717, 1.165) is 18.4 Å². The molecule has 1 unspecified atom stereocenters. The number of benzene rings is 1. The highest BCUT2D eigenvalue weighted by atomic mass is 16.6. The number of amides is 2. The number of hydrogen-bond acceptors (Lipinski definition) is 8. The summed E-state index contributed by atoms with van der Waals surface area (Å²) in [5.74, 6) is 0.133. The van der Waals surface area contributed by atoms with Crippen LogP contribution in [0.2, 0.25) is 0 Å². The number of hydrogen-bond donors (Lipinski definition) is 0. The number of carbonyl (C=O) groups excluding carboxylic acids is 3. The van der Waals surface area contributed by atoms with E-state index in [1.165, 1.54) is 12.7 Å². The standard InChI is InChI=1S/C33H48N2O8/c1-9-40-29(37)34-15-16-35(30(38)43-31(4,5)6)20-33(19-34)18-25-27(41-21-33)24-17-23(28(36)39-8)12-13-26(24)42-32(25,7)14-10-11-22(2)3/h11-13,17,25,27H,9-10,14-16,18-21H2,1-8H3/t25-,27+,32+,33?/m1/s1. The third-order valence-electron chi connectivity index (χ3n) is 8.52. The molecule has 2 amide bonds. The Bertz CT molecular complexity index is 1240. The molecule has 4 atom stereocenters. The second kappa shape index (κ2) is 12.8. The molecule has 0 aliphatic carbocycles. The van der Waals surface area contributed by atoms with Crippen molar-refractivity contribution < 1.29 is 38.1 Å². The quantitative estimate of drug-likeness (QED) is 0.225. The molecule has 3 aliphatic rings. The van der Waals surface area contributed by atoms with Crippen LogP contribution in [0, 0.1) is 11.3 Å². The van der Waals surface area contributed by atoms with Crippen molar-refractivity contribution in [2.24, 2.45) is 11.3 Å². The van der Waals surface area contributed by atoms with Crippen molar-refractivity contribution in [3.63, 3.8) is 0 Å². The molecule has 10 heteroatoms. The Labute approximate surface area is 255 Å². The Balaban J connectivity index is 1.74. The van der Waals surface area contributed by atoms with Crippen LogP contribution in [-0.2, 0) is 18.9 Å². The molecule has 238 valence electrons. The minimum atomic E-state index is -0.659. The molecule has 0 aromatic heterocycles. The third kappa shape index (κ3) is 7.45. The van der Waals surface area contributed by atoms with E-state index in [1.54, 1.807) is 28.9 Å². The molecule has 2 saturated heterocycles. The smallest absolute Gasteiger partial charge is 0.410 e. The van der Waals surface area contributed by atoms with Crippen LogP contribution in [0.15, 0.2) is 29.8 Å². The number of ether oxygens (including phenoxy) is 5. The maximum Gasteiger partial charge on any atom is 0.410 e. The van der Waals surface area contributed by atoms with E-state index in [0.29, 0.717) is 50.5 Å². The van der Waals surface area contributed by atoms with E-state index < -0.39 is 34.8 Å². The van der Waals surface area contributed by atoms with Gasteiger partial charge in [-0.2, -0.15) is 0 Å². The summed E-state index contributed by atoms with van der Waals surface area (Å²) in [6, 6.07) is 5.34. The maximum absolute atomic E-state index is 13.4. The first-order chi connectivity index (χ1) is 20.2. The van der Waals surface area contributed by atoms with E-state index >= 15 is 0 Å². The lowest BCUT2D eigenvalue weighted by Gasteiger charge is -2.54. The Morgan fingerprint density at radius 2 is 1.77 bits per heavy atom. The number of rotatable bonds is 5. The molecular weight excluding hydrogens is 552 g/mol. The zero-order chi connectivity index (χ0) is 31.6. The highest BCUT2D eigenvalue weighted by molar-refractivity contribution is 5.89. The van der Waals surface area contributed by atoms with Gasteiger partial charge in [0.25, 0.3) is 0 Å².